The van der Waals surface area contributed by atoms with Gasteiger partial charge in [-0.05, 0) is 88.9 Å². The first-order valence-corrected chi connectivity index (χ1v) is 12.6. The number of rotatable bonds is 20. The van der Waals surface area contributed by atoms with E-state index >= 15 is 0 Å². The summed E-state index contributed by atoms with van der Waals surface area (Å²) in [4.78, 5) is 0. The fourth-order valence-electron chi connectivity index (χ4n) is 4.88. The van der Waals surface area contributed by atoms with Crippen molar-refractivity contribution in [2.24, 2.45) is 23.7 Å². The number of ether oxygens (including phenoxy) is 3. The van der Waals surface area contributed by atoms with E-state index in [1.54, 1.807) is 14.2 Å². The van der Waals surface area contributed by atoms with Crippen molar-refractivity contribution < 1.29 is 24.4 Å². The van der Waals surface area contributed by atoms with E-state index in [4.69, 9.17) is 14.2 Å². The summed E-state index contributed by atoms with van der Waals surface area (Å²) in [5.41, 5.74) is 0. The summed E-state index contributed by atoms with van der Waals surface area (Å²) in [7, 11) is 3.41. The topological polar surface area (TPSA) is 68.2 Å². The molecule has 0 saturated carbocycles. The minimum Gasteiger partial charge on any atom is -0.393 e. The van der Waals surface area contributed by atoms with Crippen molar-refractivity contribution in [1.29, 1.82) is 0 Å². The van der Waals surface area contributed by atoms with Crippen molar-refractivity contribution in [2.75, 3.05) is 14.2 Å². The van der Waals surface area contributed by atoms with Crippen LogP contribution in [0.4, 0.5) is 0 Å². The van der Waals surface area contributed by atoms with Gasteiger partial charge in [0.05, 0.1) is 12.2 Å². The molecule has 0 bridgehead atoms. The van der Waals surface area contributed by atoms with Crippen LogP contribution >= 0.6 is 0 Å². The first-order chi connectivity index (χ1) is 14.6. The molecule has 31 heavy (non-hydrogen) atoms. The Morgan fingerprint density at radius 2 is 0.871 bits per heavy atom. The second kappa shape index (κ2) is 18.3. The third-order valence-electron chi connectivity index (χ3n) is 6.20. The molecule has 0 spiro atoms. The molecule has 2 N–H and O–H groups in total. The van der Waals surface area contributed by atoms with E-state index in [0.717, 1.165) is 64.2 Å². The molecule has 8 unspecified atom stereocenters. The molecule has 0 aromatic heterocycles. The lowest BCUT2D eigenvalue weighted by Gasteiger charge is -2.24. The molecule has 0 aliphatic carbocycles. The van der Waals surface area contributed by atoms with Crippen LogP contribution in [0.15, 0.2) is 0 Å². The van der Waals surface area contributed by atoms with Crippen LogP contribution in [0.2, 0.25) is 0 Å². The smallest absolute Gasteiger partial charge is 0.160 e. The van der Waals surface area contributed by atoms with Gasteiger partial charge < -0.3 is 24.4 Å². The summed E-state index contributed by atoms with van der Waals surface area (Å²) in [6.45, 7) is 12.8. The van der Waals surface area contributed by atoms with E-state index in [2.05, 4.69) is 27.7 Å². The average Bonchev–Trinajstić information content (AvgIpc) is 2.64. The Balaban J connectivity index is 4.13. The van der Waals surface area contributed by atoms with Gasteiger partial charge in [-0.3, -0.25) is 0 Å². The molecule has 0 aliphatic rings. The Bertz CT molecular complexity index is 365. The summed E-state index contributed by atoms with van der Waals surface area (Å²) < 4.78 is 17.2. The standard InChI is InChI=1S/C26H54O5/c1-19(15-21(3)17-23(5)27)11-9-13-25(29-7)31-26(30-8)14-10-12-20(2)16-22(4)18-24(6)28/h19-28H,9-18H2,1-8H3. The second-order valence-electron chi connectivity index (χ2n) is 10.4. The van der Waals surface area contributed by atoms with Crippen molar-refractivity contribution in [2.45, 2.75) is 131 Å². The number of hydrogen-bond donors (Lipinski definition) is 2. The van der Waals surface area contributed by atoms with E-state index in [1.807, 2.05) is 13.8 Å². The first-order valence-electron chi connectivity index (χ1n) is 12.6. The molecule has 0 saturated heterocycles. The lowest BCUT2D eigenvalue weighted by molar-refractivity contribution is -0.233. The van der Waals surface area contributed by atoms with E-state index in [9.17, 15) is 10.2 Å². The fourth-order valence-corrected chi connectivity index (χ4v) is 4.88. The average molecular weight is 447 g/mol. The van der Waals surface area contributed by atoms with E-state index in [1.165, 1.54) is 0 Å². The molecule has 0 aliphatic heterocycles. The highest BCUT2D eigenvalue weighted by atomic mass is 16.8. The van der Waals surface area contributed by atoms with Crippen LogP contribution in [0.5, 0.6) is 0 Å². The minimum absolute atomic E-state index is 0.213. The Labute approximate surface area is 193 Å². The van der Waals surface area contributed by atoms with Crippen molar-refractivity contribution in [3.8, 4) is 0 Å². The zero-order valence-electron chi connectivity index (χ0n) is 21.8. The van der Waals surface area contributed by atoms with Crippen LogP contribution in [-0.4, -0.2) is 49.2 Å². The third kappa shape index (κ3) is 18.0. The van der Waals surface area contributed by atoms with E-state index in [0.29, 0.717) is 23.7 Å². The number of methoxy groups -OCH3 is 2. The minimum atomic E-state index is -0.226. The van der Waals surface area contributed by atoms with Crippen LogP contribution < -0.4 is 0 Å². The van der Waals surface area contributed by atoms with Gasteiger partial charge >= 0.3 is 0 Å². The van der Waals surface area contributed by atoms with E-state index in [-0.39, 0.29) is 24.8 Å². The van der Waals surface area contributed by atoms with Crippen molar-refractivity contribution in [1.82, 2.24) is 0 Å². The van der Waals surface area contributed by atoms with Crippen LogP contribution in [-0.2, 0) is 14.2 Å². The summed E-state index contributed by atoms with van der Waals surface area (Å²) in [6.07, 6.45) is 9.35. The quantitative estimate of drug-likeness (QED) is 0.219. The van der Waals surface area contributed by atoms with Gasteiger partial charge in [-0.25, -0.2) is 0 Å². The van der Waals surface area contributed by atoms with Gasteiger partial charge in [0.1, 0.15) is 0 Å². The maximum Gasteiger partial charge on any atom is 0.160 e. The zero-order chi connectivity index (χ0) is 23.8. The second-order valence-corrected chi connectivity index (χ2v) is 10.4. The molecule has 188 valence electrons. The monoisotopic (exact) mass is 446 g/mol. The number of aliphatic hydroxyl groups excluding tert-OH is 2. The molecular formula is C26H54O5. The zero-order valence-corrected chi connectivity index (χ0v) is 21.8. The molecule has 0 radical (unpaired) electrons. The Hall–Kier alpha value is -0.200. The lowest BCUT2D eigenvalue weighted by Crippen LogP contribution is -2.25. The molecule has 0 fully saturated rings. The molecule has 0 aromatic carbocycles. The molecule has 8 atom stereocenters. The normalized spacial score (nSPS) is 19.9. The van der Waals surface area contributed by atoms with Gasteiger partial charge in [0, 0.05) is 14.2 Å². The fraction of sp³-hybridized carbons (Fsp3) is 1.00. The van der Waals surface area contributed by atoms with Crippen molar-refractivity contribution >= 4 is 0 Å². The largest absolute Gasteiger partial charge is 0.393 e. The maximum absolute atomic E-state index is 9.53. The molecule has 0 heterocycles. The Kier molecular flexibility index (Phi) is 18.1. The van der Waals surface area contributed by atoms with Crippen LogP contribution in [0, 0.1) is 23.7 Å². The van der Waals surface area contributed by atoms with Gasteiger partial charge in [0.25, 0.3) is 0 Å². The Morgan fingerprint density at radius 1 is 0.516 bits per heavy atom. The van der Waals surface area contributed by atoms with Crippen LogP contribution in [0.25, 0.3) is 0 Å². The van der Waals surface area contributed by atoms with Crippen LogP contribution in [0.1, 0.15) is 106 Å². The molecule has 0 rings (SSSR count). The molecular weight excluding hydrogens is 392 g/mol. The van der Waals surface area contributed by atoms with Crippen LogP contribution in [0.3, 0.4) is 0 Å². The summed E-state index contributed by atoms with van der Waals surface area (Å²) in [5, 5.41) is 19.1. The first kappa shape index (κ1) is 30.8. The van der Waals surface area contributed by atoms with Crippen molar-refractivity contribution in [3.63, 3.8) is 0 Å². The predicted molar refractivity (Wildman–Crippen MR) is 129 cm³/mol. The number of hydrogen-bond acceptors (Lipinski definition) is 5. The number of aliphatic hydroxyl groups is 2. The lowest BCUT2D eigenvalue weighted by atomic mass is 9.90. The van der Waals surface area contributed by atoms with Gasteiger partial charge in [-0.1, -0.05) is 40.5 Å². The van der Waals surface area contributed by atoms with E-state index < -0.39 is 0 Å². The molecule has 5 heteroatoms. The highest BCUT2D eigenvalue weighted by molar-refractivity contribution is 4.65. The highest BCUT2D eigenvalue weighted by Crippen LogP contribution is 2.24. The van der Waals surface area contributed by atoms with Gasteiger partial charge in [-0.15, -0.1) is 0 Å². The predicted octanol–water partition coefficient (Wildman–Crippen LogP) is 6.16. The third-order valence-corrected chi connectivity index (χ3v) is 6.20. The highest BCUT2D eigenvalue weighted by Gasteiger charge is 2.18. The van der Waals surface area contributed by atoms with Gasteiger partial charge in [0.15, 0.2) is 12.6 Å². The summed E-state index contributed by atoms with van der Waals surface area (Å²) >= 11 is 0. The van der Waals surface area contributed by atoms with Gasteiger partial charge in [0.2, 0.25) is 0 Å². The molecule has 0 amide bonds. The Morgan fingerprint density at radius 3 is 1.16 bits per heavy atom. The molecule has 5 nitrogen and oxygen atoms in total. The SMILES string of the molecule is COC(CCCC(C)CC(C)CC(C)O)OC(CCCC(C)CC(C)CC(C)O)OC. The summed E-state index contributed by atoms with van der Waals surface area (Å²) in [6, 6.07) is 0. The summed E-state index contributed by atoms with van der Waals surface area (Å²) in [5.74, 6) is 2.39. The molecule has 0 aromatic rings. The maximum atomic E-state index is 9.53. The van der Waals surface area contributed by atoms with Gasteiger partial charge in [-0.2, -0.15) is 0 Å². The van der Waals surface area contributed by atoms with Crippen molar-refractivity contribution in [3.05, 3.63) is 0 Å².